The first-order valence-electron chi connectivity index (χ1n) is 14.5. The minimum atomic E-state index is 0.861. The van der Waals surface area contributed by atoms with E-state index >= 15 is 0 Å². The standard InChI is InChI=1S/C40H22O3/c1-2-12-34-28(8-1)32-11-5-9-27(40(32)43-34)26-15-18-30-29-17-14-25(21-37(29)42-38(30)22-26)24-16-19-35-33(20-24)31-10-3-6-23-7-4-13-36(41-35)39(23)31/h1-22H. The molecule has 3 heterocycles. The molecule has 1 aliphatic heterocycles. The fraction of sp³-hybridized carbons (Fsp3) is 0. The second-order valence-electron chi connectivity index (χ2n) is 11.3. The van der Waals surface area contributed by atoms with Crippen LogP contribution >= 0.6 is 0 Å². The maximum absolute atomic E-state index is 6.50. The average Bonchev–Trinajstić information content (AvgIpc) is 3.62. The third kappa shape index (κ3) is 3.25. The lowest BCUT2D eigenvalue weighted by Crippen LogP contribution is -1.97. The van der Waals surface area contributed by atoms with Gasteiger partial charge in [-0.2, -0.15) is 0 Å². The average molecular weight is 551 g/mol. The highest BCUT2D eigenvalue weighted by Gasteiger charge is 2.21. The smallest absolute Gasteiger partial charge is 0.143 e. The largest absolute Gasteiger partial charge is 0.456 e. The van der Waals surface area contributed by atoms with Crippen molar-refractivity contribution >= 4 is 54.6 Å². The second kappa shape index (κ2) is 8.37. The van der Waals surface area contributed by atoms with Gasteiger partial charge in [0.05, 0.1) is 0 Å². The summed E-state index contributed by atoms with van der Waals surface area (Å²) in [5.41, 5.74) is 10.2. The third-order valence-electron chi connectivity index (χ3n) is 8.88. The highest BCUT2D eigenvalue weighted by atomic mass is 16.5. The predicted octanol–water partition coefficient (Wildman–Crippen LogP) is 11.7. The van der Waals surface area contributed by atoms with Crippen molar-refractivity contribution in [2.24, 2.45) is 0 Å². The van der Waals surface area contributed by atoms with E-state index in [9.17, 15) is 0 Å². The summed E-state index contributed by atoms with van der Waals surface area (Å²) in [6, 6.07) is 46.6. The molecule has 0 saturated carbocycles. The Hall–Kier alpha value is -5.80. The fourth-order valence-corrected chi connectivity index (χ4v) is 6.84. The molecule has 0 fully saturated rings. The number of rotatable bonds is 2. The van der Waals surface area contributed by atoms with Crippen LogP contribution in [-0.2, 0) is 0 Å². The lowest BCUT2D eigenvalue weighted by molar-refractivity contribution is 0.487. The van der Waals surface area contributed by atoms with Crippen LogP contribution in [0, 0.1) is 0 Å². The molecule has 0 atom stereocenters. The molecule has 9 aromatic rings. The normalized spacial score (nSPS) is 12.4. The number of fused-ring (bicyclic) bond motifs is 8. The first-order valence-corrected chi connectivity index (χ1v) is 14.5. The van der Waals surface area contributed by atoms with Crippen LogP contribution in [-0.4, -0.2) is 0 Å². The monoisotopic (exact) mass is 550 g/mol. The van der Waals surface area contributed by atoms with E-state index < -0.39 is 0 Å². The number of ether oxygens (including phenoxy) is 1. The molecule has 43 heavy (non-hydrogen) atoms. The summed E-state index contributed by atoms with van der Waals surface area (Å²) in [6.45, 7) is 0. The highest BCUT2D eigenvalue weighted by molar-refractivity contribution is 6.11. The Morgan fingerprint density at radius 3 is 1.95 bits per heavy atom. The van der Waals surface area contributed by atoms with Gasteiger partial charge in [-0.3, -0.25) is 0 Å². The molecule has 0 N–H and O–H groups in total. The Balaban J connectivity index is 1.09. The first kappa shape index (κ1) is 22.8. The molecule has 0 unspecified atom stereocenters. The minimum Gasteiger partial charge on any atom is -0.456 e. The van der Waals surface area contributed by atoms with Crippen molar-refractivity contribution in [3.63, 3.8) is 0 Å². The molecule has 1 aliphatic rings. The number of hydrogen-bond donors (Lipinski definition) is 0. The Bertz CT molecular complexity index is 2590. The molecule has 2 aromatic heterocycles. The van der Waals surface area contributed by atoms with Crippen molar-refractivity contribution in [2.45, 2.75) is 0 Å². The third-order valence-corrected chi connectivity index (χ3v) is 8.88. The predicted molar refractivity (Wildman–Crippen MR) is 175 cm³/mol. The van der Waals surface area contributed by atoms with E-state index in [0.717, 1.165) is 88.6 Å². The van der Waals surface area contributed by atoms with Crippen LogP contribution in [0.1, 0.15) is 0 Å². The summed E-state index contributed by atoms with van der Waals surface area (Å²) in [4.78, 5) is 0. The summed E-state index contributed by atoms with van der Waals surface area (Å²) >= 11 is 0. The number of para-hydroxylation sites is 2. The van der Waals surface area contributed by atoms with Gasteiger partial charge in [0.1, 0.15) is 33.8 Å². The van der Waals surface area contributed by atoms with Gasteiger partial charge in [-0.1, -0.05) is 84.9 Å². The summed E-state index contributed by atoms with van der Waals surface area (Å²) in [7, 11) is 0. The van der Waals surface area contributed by atoms with Crippen LogP contribution < -0.4 is 4.74 Å². The lowest BCUT2D eigenvalue weighted by Gasteiger charge is -2.21. The van der Waals surface area contributed by atoms with E-state index in [4.69, 9.17) is 13.6 Å². The van der Waals surface area contributed by atoms with Gasteiger partial charge in [0.15, 0.2) is 0 Å². The van der Waals surface area contributed by atoms with Crippen molar-refractivity contribution in [2.75, 3.05) is 0 Å². The van der Waals surface area contributed by atoms with Crippen molar-refractivity contribution in [1.82, 2.24) is 0 Å². The highest BCUT2D eigenvalue weighted by Crippen LogP contribution is 2.48. The van der Waals surface area contributed by atoms with E-state index in [1.54, 1.807) is 0 Å². The molecule has 0 amide bonds. The van der Waals surface area contributed by atoms with Crippen LogP contribution in [0.25, 0.3) is 88.0 Å². The Kier molecular flexibility index (Phi) is 4.45. The fourth-order valence-electron chi connectivity index (χ4n) is 6.84. The maximum Gasteiger partial charge on any atom is 0.143 e. The SMILES string of the molecule is c1cc2c3c(cccc3c1)-c1cc(-c3ccc4c(c3)oc3cc(-c5cccc6c5oc5ccccc56)ccc34)ccc1O2. The molecule has 0 saturated heterocycles. The molecule has 3 heteroatoms. The van der Waals surface area contributed by atoms with Crippen molar-refractivity contribution in [3.8, 4) is 44.9 Å². The van der Waals surface area contributed by atoms with E-state index in [0.29, 0.717) is 0 Å². The molecule has 200 valence electrons. The van der Waals surface area contributed by atoms with Gasteiger partial charge in [-0.05, 0) is 76.2 Å². The van der Waals surface area contributed by atoms with Crippen molar-refractivity contribution in [1.29, 1.82) is 0 Å². The molecule has 7 aromatic carbocycles. The number of furan rings is 2. The molecule has 10 rings (SSSR count). The van der Waals surface area contributed by atoms with Crippen LogP contribution in [0.4, 0.5) is 0 Å². The number of hydrogen-bond acceptors (Lipinski definition) is 3. The van der Waals surface area contributed by atoms with Gasteiger partial charge in [0, 0.05) is 38.1 Å². The second-order valence-corrected chi connectivity index (χ2v) is 11.3. The molecule has 0 radical (unpaired) electrons. The summed E-state index contributed by atoms with van der Waals surface area (Å²) in [5.74, 6) is 1.79. The minimum absolute atomic E-state index is 0.861. The molecule has 0 aliphatic carbocycles. The van der Waals surface area contributed by atoms with Gasteiger partial charge in [-0.25, -0.2) is 0 Å². The van der Waals surface area contributed by atoms with E-state index in [1.807, 2.05) is 24.3 Å². The summed E-state index contributed by atoms with van der Waals surface area (Å²) in [5, 5.41) is 6.81. The Labute approximate surface area is 246 Å². The van der Waals surface area contributed by atoms with Gasteiger partial charge in [0.25, 0.3) is 0 Å². The van der Waals surface area contributed by atoms with E-state index in [-0.39, 0.29) is 0 Å². The number of benzene rings is 7. The van der Waals surface area contributed by atoms with Crippen LogP contribution in [0.5, 0.6) is 11.5 Å². The summed E-state index contributed by atoms with van der Waals surface area (Å²) < 4.78 is 19.1. The zero-order valence-electron chi connectivity index (χ0n) is 22.9. The van der Waals surface area contributed by atoms with Gasteiger partial charge < -0.3 is 13.6 Å². The van der Waals surface area contributed by atoms with Crippen LogP contribution in [0.2, 0.25) is 0 Å². The molecular weight excluding hydrogens is 528 g/mol. The van der Waals surface area contributed by atoms with Crippen molar-refractivity contribution < 1.29 is 13.6 Å². The lowest BCUT2D eigenvalue weighted by atomic mass is 9.92. The van der Waals surface area contributed by atoms with Crippen molar-refractivity contribution in [3.05, 3.63) is 133 Å². The van der Waals surface area contributed by atoms with E-state index in [2.05, 4.69) is 109 Å². The van der Waals surface area contributed by atoms with Gasteiger partial charge in [0.2, 0.25) is 0 Å². The molecule has 0 spiro atoms. The quantitative estimate of drug-likeness (QED) is 0.215. The zero-order valence-corrected chi connectivity index (χ0v) is 22.9. The molecule has 3 nitrogen and oxygen atoms in total. The van der Waals surface area contributed by atoms with Crippen LogP contribution in [0.3, 0.4) is 0 Å². The van der Waals surface area contributed by atoms with Gasteiger partial charge in [-0.15, -0.1) is 0 Å². The Morgan fingerprint density at radius 2 is 1.05 bits per heavy atom. The molecule has 0 bridgehead atoms. The maximum atomic E-state index is 6.50. The van der Waals surface area contributed by atoms with Crippen LogP contribution in [0.15, 0.2) is 142 Å². The first-order chi connectivity index (χ1) is 21.3. The topological polar surface area (TPSA) is 35.5 Å². The summed E-state index contributed by atoms with van der Waals surface area (Å²) in [6.07, 6.45) is 0. The zero-order chi connectivity index (χ0) is 28.1. The Morgan fingerprint density at radius 1 is 0.372 bits per heavy atom. The molecular formula is C40H22O3. The van der Waals surface area contributed by atoms with Gasteiger partial charge >= 0.3 is 0 Å². The van der Waals surface area contributed by atoms with E-state index in [1.165, 1.54) is 10.9 Å².